The van der Waals surface area contributed by atoms with E-state index in [1.165, 1.54) is 4.40 Å². The maximum atomic E-state index is 11.3. The highest BCUT2D eigenvalue weighted by Gasteiger charge is 2.25. The Bertz CT molecular complexity index is 650. The van der Waals surface area contributed by atoms with Crippen molar-refractivity contribution in [1.29, 1.82) is 0 Å². The lowest BCUT2D eigenvalue weighted by Gasteiger charge is -2.28. The zero-order valence-corrected chi connectivity index (χ0v) is 12.6. The number of pyridine rings is 1. The number of nitrogens with two attached hydrogens (primary N) is 1. The molecule has 0 saturated heterocycles. The molecule has 2 heterocycles. The summed E-state index contributed by atoms with van der Waals surface area (Å²) in [6.45, 7) is 5.86. The Kier molecular flexibility index (Phi) is 4.24. The summed E-state index contributed by atoms with van der Waals surface area (Å²) in [5.41, 5.74) is 6.76. The Morgan fingerprint density at radius 2 is 2.19 bits per heavy atom. The second-order valence-corrected chi connectivity index (χ2v) is 6.11. The summed E-state index contributed by atoms with van der Waals surface area (Å²) in [4.78, 5) is 17.3. The molecule has 0 aliphatic heterocycles. The number of nitrogens with zero attached hydrogens (tertiary/aromatic N) is 4. The molecule has 0 aromatic carbocycles. The van der Waals surface area contributed by atoms with Gasteiger partial charge in [-0.2, -0.15) is 4.40 Å². The summed E-state index contributed by atoms with van der Waals surface area (Å²) in [5, 5.41) is 11.3. The minimum atomic E-state index is -0.378. The van der Waals surface area contributed by atoms with Gasteiger partial charge >= 0.3 is 5.82 Å². The van der Waals surface area contributed by atoms with Crippen molar-refractivity contribution in [3.8, 4) is 0 Å². The van der Waals surface area contributed by atoms with Crippen LogP contribution in [0.5, 0.6) is 0 Å². The van der Waals surface area contributed by atoms with Crippen LogP contribution < -0.4 is 5.73 Å². The van der Waals surface area contributed by atoms with Crippen LogP contribution in [0.1, 0.15) is 19.5 Å². The molecule has 0 fully saturated rings. The lowest BCUT2D eigenvalue weighted by atomic mass is 9.93. The Morgan fingerprint density at radius 1 is 1.48 bits per heavy atom. The van der Waals surface area contributed by atoms with Gasteiger partial charge in [-0.05, 0) is 30.0 Å². The number of rotatable bonds is 6. The maximum Gasteiger partial charge on any atom is 0.352 e. The van der Waals surface area contributed by atoms with Crippen LogP contribution in [-0.2, 0) is 6.54 Å². The van der Waals surface area contributed by atoms with E-state index in [2.05, 4.69) is 18.8 Å². The monoisotopic (exact) mass is 291 g/mol. The lowest BCUT2D eigenvalue weighted by Crippen LogP contribution is -2.36. The van der Waals surface area contributed by atoms with Gasteiger partial charge in [-0.15, -0.1) is 0 Å². The summed E-state index contributed by atoms with van der Waals surface area (Å²) in [6, 6.07) is 5.34. The third-order valence-corrected chi connectivity index (χ3v) is 3.42. The van der Waals surface area contributed by atoms with E-state index < -0.39 is 0 Å². The van der Waals surface area contributed by atoms with Crippen molar-refractivity contribution < 1.29 is 4.92 Å². The second kappa shape index (κ2) is 5.79. The third kappa shape index (κ3) is 3.37. The molecule has 0 radical (unpaired) electrons. The Morgan fingerprint density at radius 3 is 2.81 bits per heavy atom. The molecule has 21 heavy (non-hydrogen) atoms. The molecular formula is C14H21N5O2. The fraction of sp³-hybridized carbons (Fsp3) is 0.500. The largest absolute Gasteiger partial charge is 0.358 e. The molecule has 2 N–H and O–H groups in total. The molecule has 0 spiro atoms. The van der Waals surface area contributed by atoms with Crippen LogP contribution in [0.2, 0.25) is 0 Å². The van der Waals surface area contributed by atoms with Gasteiger partial charge in [0.15, 0.2) is 5.69 Å². The number of aromatic nitrogens is 2. The molecule has 2 rings (SSSR count). The van der Waals surface area contributed by atoms with Gasteiger partial charge < -0.3 is 15.8 Å². The van der Waals surface area contributed by atoms with Gasteiger partial charge in [0.25, 0.3) is 0 Å². The van der Waals surface area contributed by atoms with Gasteiger partial charge in [0.05, 0.1) is 6.20 Å². The zero-order valence-electron chi connectivity index (χ0n) is 12.6. The Balaban J connectivity index is 2.30. The van der Waals surface area contributed by atoms with E-state index in [1.807, 2.05) is 18.0 Å². The van der Waals surface area contributed by atoms with E-state index in [4.69, 9.17) is 5.73 Å². The minimum Gasteiger partial charge on any atom is -0.358 e. The van der Waals surface area contributed by atoms with E-state index in [9.17, 15) is 10.1 Å². The van der Waals surface area contributed by atoms with Crippen LogP contribution >= 0.6 is 0 Å². The molecule has 2 aromatic rings. The Hall–Kier alpha value is -1.99. The van der Waals surface area contributed by atoms with Crippen molar-refractivity contribution in [2.75, 3.05) is 20.1 Å². The van der Waals surface area contributed by atoms with E-state index in [1.54, 1.807) is 18.3 Å². The first-order chi connectivity index (χ1) is 9.84. The number of hydrogen-bond donors (Lipinski definition) is 1. The SMILES string of the molecule is CN(Cc1nc2ccccn2c1[N+](=O)[O-])CC(C)(C)CN. The van der Waals surface area contributed by atoms with Crippen molar-refractivity contribution in [2.45, 2.75) is 20.4 Å². The van der Waals surface area contributed by atoms with Gasteiger partial charge in [0.2, 0.25) is 5.65 Å². The van der Waals surface area contributed by atoms with Crippen LogP contribution in [0.3, 0.4) is 0 Å². The van der Waals surface area contributed by atoms with Crippen molar-refractivity contribution in [3.63, 3.8) is 0 Å². The predicted molar refractivity (Wildman–Crippen MR) is 81.0 cm³/mol. The third-order valence-electron chi connectivity index (χ3n) is 3.42. The minimum absolute atomic E-state index is 0.0306. The number of hydrogen-bond acceptors (Lipinski definition) is 5. The summed E-state index contributed by atoms with van der Waals surface area (Å²) >= 11 is 0. The predicted octanol–water partition coefficient (Wildman–Crippen LogP) is 1.66. The van der Waals surface area contributed by atoms with Crippen LogP contribution in [0, 0.1) is 15.5 Å². The Labute approximate surface area is 123 Å². The van der Waals surface area contributed by atoms with Crippen LogP contribution in [0.4, 0.5) is 5.82 Å². The molecule has 7 heteroatoms. The van der Waals surface area contributed by atoms with Crippen LogP contribution in [0.25, 0.3) is 5.65 Å². The van der Waals surface area contributed by atoms with Crippen LogP contribution in [0.15, 0.2) is 24.4 Å². The summed E-state index contributed by atoms with van der Waals surface area (Å²) in [5.74, 6) is 0.0306. The average Bonchev–Trinajstić information content (AvgIpc) is 2.75. The van der Waals surface area contributed by atoms with Crippen LogP contribution in [-0.4, -0.2) is 39.3 Å². The van der Waals surface area contributed by atoms with Gasteiger partial charge in [-0.3, -0.25) is 4.90 Å². The first-order valence-corrected chi connectivity index (χ1v) is 6.83. The lowest BCUT2D eigenvalue weighted by molar-refractivity contribution is -0.391. The average molecular weight is 291 g/mol. The molecule has 0 aliphatic rings. The zero-order chi connectivity index (χ0) is 15.6. The molecule has 0 saturated carbocycles. The molecule has 0 atom stereocenters. The van der Waals surface area contributed by atoms with E-state index >= 15 is 0 Å². The summed E-state index contributed by atoms with van der Waals surface area (Å²) in [6.07, 6.45) is 1.66. The highest BCUT2D eigenvalue weighted by Crippen LogP contribution is 2.23. The normalized spacial score (nSPS) is 12.2. The molecule has 114 valence electrons. The fourth-order valence-electron chi connectivity index (χ4n) is 2.44. The number of fused-ring (bicyclic) bond motifs is 1. The second-order valence-electron chi connectivity index (χ2n) is 6.11. The van der Waals surface area contributed by atoms with E-state index in [0.717, 1.165) is 6.54 Å². The fourth-order valence-corrected chi connectivity index (χ4v) is 2.44. The number of nitro groups is 1. The smallest absolute Gasteiger partial charge is 0.352 e. The molecule has 0 amide bonds. The van der Waals surface area contributed by atoms with Crippen molar-refractivity contribution in [2.24, 2.45) is 11.1 Å². The topological polar surface area (TPSA) is 89.7 Å². The van der Waals surface area contributed by atoms with E-state index in [0.29, 0.717) is 24.4 Å². The summed E-state index contributed by atoms with van der Waals surface area (Å²) in [7, 11) is 1.92. The summed E-state index contributed by atoms with van der Waals surface area (Å²) < 4.78 is 1.51. The molecule has 0 aliphatic carbocycles. The quantitative estimate of drug-likeness (QED) is 0.645. The molecule has 2 aromatic heterocycles. The molecule has 7 nitrogen and oxygen atoms in total. The number of imidazole rings is 1. The maximum absolute atomic E-state index is 11.3. The van der Waals surface area contributed by atoms with E-state index in [-0.39, 0.29) is 16.2 Å². The van der Waals surface area contributed by atoms with Gasteiger partial charge in [-0.25, -0.2) is 4.98 Å². The van der Waals surface area contributed by atoms with Crippen molar-refractivity contribution in [3.05, 3.63) is 40.2 Å². The van der Waals surface area contributed by atoms with Crippen molar-refractivity contribution >= 4 is 11.5 Å². The first kappa shape index (κ1) is 15.4. The van der Waals surface area contributed by atoms with Crippen molar-refractivity contribution in [1.82, 2.24) is 14.3 Å². The highest BCUT2D eigenvalue weighted by molar-refractivity contribution is 5.48. The standard InChI is InChI=1S/C14H21N5O2/c1-14(2,9-15)10-17(3)8-11-13(19(20)21)18-7-5-4-6-12(18)16-11/h4-7H,8-10,15H2,1-3H3. The first-order valence-electron chi connectivity index (χ1n) is 6.83. The van der Waals surface area contributed by atoms with Gasteiger partial charge in [-0.1, -0.05) is 19.9 Å². The van der Waals surface area contributed by atoms with Gasteiger partial charge in [0, 0.05) is 19.2 Å². The molecule has 0 bridgehead atoms. The molecular weight excluding hydrogens is 270 g/mol. The van der Waals surface area contributed by atoms with Gasteiger partial charge in [0.1, 0.15) is 0 Å². The molecule has 0 unspecified atom stereocenters. The highest BCUT2D eigenvalue weighted by atomic mass is 16.6.